The average molecular weight is 336 g/mol. The van der Waals surface area contributed by atoms with Crippen LogP contribution in [0.1, 0.15) is 15.9 Å². The smallest absolute Gasteiger partial charge is 0.417 e. The molecule has 0 aliphatic rings. The van der Waals surface area contributed by atoms with Crippen molar-refractivity contribution in [3.8, 4) is 11.3 Å². The number of carboxylic acids is 1. The summed E-state index contributed by atoms with van der Waals surface area (Å²) in [5.41, 5.74) is -1.78. The molecule has 0 fully saturated rings. The van der Waals surface area contributed by atoms with Crippen LogP contribution in [0, 0.1) is 0 Å². The summed E-state index contributed by atoms with van der Waals surface area (Å²) in [6.07, 6.45) is -4.13. The Bertz CT molecular complexity index is 717. The van der Waals surface area contributed by atoms with Crippen molar-refractivity contribution in [2.24, 2.45) is 0 Å². The van der Waals surface area contributed by atoms with E-state index in [9.17, 15) is 18.0 Å². The van der Waals surface area contributed by atoms with E-state index in [1.807, 2.05) is 0 Å². The summed E-state index contributed by atoms with van der Waals surface area (Å²) in [4.78, 5) is 14.8. The third kappa shape index (κ3) is 3.28. The van der Waals surface area contributed by atoms with Gasteiger partial charge in [-0.25, -0.2) is 4.79 Å². The second-order valence-electron chi connectivity index (χ2n) is 4.05. The lowest BCUT2D eigenvalue weighted by Crippen LogP contribution is -2.10. The van der Waals surface area contributed by atoms with Gasteiger partial charge in [0.05, 0.1) is 21.8 Å². The van der Waals surface area contributed by atoms with Crippen LogP contribution >= 0.6 is 23.2 Å². The monoisotopic (exact) mass is 335 g/mol. The van der Waals surface area contributed by atoms with Gasteiger partial charge in [0.15, 0.2) is 0 Å². The van der Waals surface area contributed by atoms with E-state index in [1.54, 1.807) is 0 Å². The van der Waals surface area contributed by atoms with Gasteiger partial charge in [-0.3, -0.25) is 4.98 Å². The number of rotatable bonds is 2. The van der Waals surface area contributed by atoms with E-state index in [-0.39, 0.29) is 21.3 Å². The number of aromatic nitrogens is 1. The predicted octanol–water partition coefficient (Wildman–Crippen LogP) is 4.77. The molecule has 0 bridgehead atoms. The van der Waals surface area contributed by atoms with Crippen LogP contribution in [0.2, 0.25) is 10.0 Å². The average Bonchev–Trinajstić information content (AvgIpc) is 2.40. The van der Waals surface area contributed by atoms with E-state index in [2.05, 4.69) is 4.98 Å². The zero-order chi connectivity index (χ0) is 15.8. The molecule has 110 valence electrons. The predicted molar refractivity (Wildman–Crippen MR) is 71.7 cm³/mol. The lowest BCUT2D eigenvalue weighted by molar-refractivity contribution is -0.137. The highest BCUT2D eigenvalue weighted by atomic mass is 35.5. The molecule has 1 N–H and O–H groups in total. The number of nitrogens with zero attached hydrogens (tertiary/aromatic N) is 1. The molecular formula is C13H6Cl2F3NO2. The Labute approximate surface area is 126 Å². The van der Waals surface area contributed by atoms with E-state index in [4.69, 9.17) is 28.3 Å². The maximum absolute atomic E-state index is 12.6. The summed E-state index contributed by atoms with van der Waals surface area (Å²) in [7, 11) is 0. The molecule has 8 heteroatoms. The van der Waals surface area contributed by atoms with Crippen molar-refractivity contribution in [1.82, 2.24) is 4.98 Å². The van der Waals surface area contributed by atoms with E-state index < -0.39 is 23.3 Å². The van der Waals surface area contributed by atoms with Crippen molar-refractivity contribution in [3.63, 3.8) is 0 Å². The van der Waals surface area contributed by atoms with Crippen LogP contribution in [0.25, 0.3) is 11.3 Å². The van der Waals surface area contributed by atoms with E-state index >= 15 is 0 Å². The van der Waals surface area contributed by atoms with Crippen molar-refractivity contribution >= 4 is 29.2 Å². The van der Waals surface area contributed by atoms with Crippen LogP contribution in [-0.4, -0.2) is 16.1 Å². The van der Waals surface area contributed by atoms with Crippen molar-refractivity contribution in [2.75, 3.05) is 0 Å². The molecule has 2 rings (SSSR count). The van der Waals surface area contributed by atoms with Gasteiger partial charge in [-0.05, 0) is 24.3 Å². The fraction of sp³-hybridized carbons (Fsp3) is 0.0769. The third-order valence-corrected chi connectivity index (χ3v) is 3.19. The largest absolute Gasteiger partial charge is 0.478 e. The van der Waals surface area contributed by atoms with Gasteiger partial charge < -0.3 is 5.11 Å². The molecule has 0 saturated heterocycles. The van der Waals surface area contributed by atoms with Crippen LogP contribution in [-0.2, 0) is 6.18 Å². The number of halogens is 5. The Morgan fingerprint density at radius 1 is 1.19 bits per heavy atom. The van der Waals surface area contributed by atoms with E-state index in [1.165, 1.54) is 18.2 Å². The number of carbonyl (C=O) groups is 1. The molecule has 21 heavy (non-hydrogen) atoms. The Morgan fingerprint density at radius 2 is 1.86 bits per heavy atom. The molecule has 0 atom stereocenters. The maximum atomic E-state index is 12.6. The summed E-state index contributed by atoms with van der Waals surface area (Å²) >= 11 is 11.7. The Kier molecular flexibility index (Phi) is 4.11. The highest BCUT2D eigenvalue weighted by molar-refractivity contribution is 6.35. The molecule has 1 heterocycles. The third-order valence-electron chi connectivity index (χ3n) is 2.63. The fourth-order valence-electron chi connectivity index (χ4n) is 1.68. The van der Waals surface area contributed by atoms with Crippen molar-refractivity contribution in [1.29, 1.82) is 0 Å². The number of alkyl halides is 3. The minimum Gasteiger partial charge on any atom is -0.478 e. The number of aromatic carboxylic acids is 1. The summed E-state index contributed by atoms with van der Waals surface area (Å²) in [6.45, 7) is 0. The second-order valence-corrected chi connectivity index (χ2v) is 4.89. The molecule has 0 spiro atoms. The first-order chi connectivity index (χ1) is 9.70. The minimum atomic E-state index is -4.69. The highest BCUT2D eigenvalue weighted by Crippen LogP contribution is 2.35. The number of carboxylic acid groups (broad SMARTS) is 1. The first-order valence-electron chi connectivity index (χ1n) is 5.46. The normalized spacial score (nSPS) is 11.5. The zero-order valence-electron chi connectivity index (χ0n) is 10.1. The molecule has 3 nitrogen and oxygen atoms in total. The van der Waals surface area contributed by atoms with Gasteiger partial charge in [0, 0.05) is 16.8 Å². The van der Waals surface area contributed by atoms with E-state index in [0.717, 1.165) is 0 Å². The van der Waals surface area contributed by atoms with Gasteiger partial charge in [0.2, 0.25) is 0 Å². The van der Waals surface area contributed by atoms with Crippen LogP contribution < -0.4 is 0 Å². The van der Waals surface area contributed by atoms with Gasteiger partial charge >= 0.3 is 12.1 Å². The van der Waals surface area contributed by atoms with Crippen molar-refractivity contribution < 1.29 is 23.1 Å². The molecule has 0 radical (unpaired) electrons. The topological polar surface area (TPSA) is 50.2 Å². The molecule has 0 saturated carbocycles. The molecule has 0 aliphatic carbocycles. The summed E-state index contributed by atoms with van der Waals surface area (Å²) < 4.78 is 37.9. The Balaban J connectivity index is 2.69. The summed E-state index contributed by atoms with van der Waals surface area (Å²) in [5, 5.41) is 9.48. The van der Waals surface area contributed by atoms with Crippen LogP contribution in [0.5, 0.6) is 0 Å². The van der Waals surface area contributed by atoms with Crippen LogP contribution in [0.15, 0.2) is 30.5 Å². The quantitative estimate of drug-likeness (QED) is 0.859. The molecule has 0 aliphatic heterocycles. The Morgan fingerprint density at radius 3 is 2.43 bits per heavy atom. The number of pyridine rings is 1. The van der Waals surface area contributed by atoms with Crippen LogP contribution in [0.4, 0.5) is 13.2 Å². The number of hydrogen-bond acceptors (Lipinski definition) is 2. The van der Waals surface area contributed by atoms with Crippen LogP contribution in [0.3, 0.4) is 0 Å². The van der Waals surface area contributed by atoms with Gasteiger partial charge in [-0.1, -0.05) is 23.2 Å². The van der Waals surface area contributed by atoms with Crippen molar-refractivity contribution in [3.05, 3.63) is 51.6 Å². The zero-order valence-corrected chi connectivity index (χ0v) is 11.6. The molecule has 0 amide bonds. The van der Waals surface area contributed by atoms with Gasteiger partial charge in [0.1, 0.15) is 0 Å². The van der Waals surface area contributed by atoms with E-state index in [0.29, 0.717) is 12.3 Å². The number of hydrogen-bond donors (Lipinski definition) is 1. The number of benzene rings is 1. The first kappa shape index (κ1) is 15.6. The van der Waals surface area contributed by atoms with Crippen molar-refractivity contribution in [2.45, 2.75) is 6.18 Å². The molecule has 1 aromatic carbocycles. The van der Waals surface area contributed by atoms with Gasteiger partial charge in [-0.2, -0.15) is 13.2 Å². The highest BCUT2D eigenvalue weighted by Gasteiger charge is 2.33. The minimum absolute atomic E-state index is 0.133. The molecule has 1 aromatic heterocycles. The lowest BCUT2D eigenvalue weighted by atomic mass is 10.0. The standard InChI is InChI=1S/C13H6Cl2F3NO2/c14-7-1-2-10(15)8(4-7)11-9(12(20)21)3-6(5-19-11)13(16,17)18/h1-5H,(H,20,21). The first-order valence-corrected chi connectivity index (χ1v) is 6.21. The SMILES string of the molecule is O=C(O)c1cc(C(F)(F)F)cnc1-c1cc(Cl)ccc1Cl. The van der Waals surface area contributed by atoms with Gasteiger partial charge in [-0.15, -0.1) is 0 Å². The molecule has 2 aromatic rings. The molecule has 0 unspecified atom stereocenters. The second kappa shape index (κ2) is 5.54. The van der Waals surface area contributed by atoms with Gasteiger partial charge in [0.25, 0.3) is 0 Å². The maximum Gasteiger partial charge on any atom is 0.417 e. The summed E-state index contributed by atoms with van der Waals surface area (Å²) in [6, 6.07) is 4.73. The molecular weight excluding hydrogens is 330 g/mol. The Hall–Kier alpha value is -1.79. The fourth-order valence-corrected chi connectivity index (χ4v) is 2.06. The summed E-state index contributed by atoms with van der Waals surface area (Å²) in [5.74, 6) is -1.54. The lowest BCUT2D eigenvalue weighted by Gasteiger charge is -2.11.